The second-order valence-corrected chi connectivity index (χ2v) is 2.04. The van der Waals surface area contributed by atoms with Crippen LogP contribution in [0.1, 0.15) is 6.92 Å². The van der Waals surface area contributed by atoms with Crippen molar-refractivity contribution >= 4 is 0 Å². The molecule has 1 aliphatic rings. The summed E-state index contributed by atoms with van der Waals surface area (Å²) in [6.07, 6.45) is 1.48. The maximum absolute atomic E-state index is 8.82. The van der Waals surface area contributed by atoms with Crippen molar-refractivity contribution < 1.29 is 9.84 Å². The first-order valence-corrected chi connectivity index (χ1v) is 2.72. The molecule has 0 bridgehead atoms. The van der Waals surface area contributed by atoms with Crippen LogP contribution in [0.25, 0.3) is 0 Å². The first-order chi connectivity index (χ1) is 3.75. The fourth-order valence-corrected chi connectivity index (χ4v) is 0.714. The van der Waals surface area contributed by atoms with Gasteiger partial charge in [-0.05, 0) is 6.92 Å². The van der Waals surface area contributed by atoms with Crippen LogP contribution < -0.4 is 0 Å². The molecule has 3 atom stereocenters. The van der Waals surface area contributed by atoms with Crippen LogP contribution >= 0.6 is 0 Å². The smallest absolute Gasteiger partial charge is 0.114 e. The van der Waals surface area contributed by atoms with Gasteiger partial charge in [0.05, 0.1) is 6.10 Å². The van der Waals surface area contributed by atoms with Gasteiger partial charge < -0.3 is 9.84 Å². The van der Waals surface area contributed by atoms with Gasteiger partial charge in [-0.2, -0.15) is 0 Å². The third-order valence-electron chi connectivity index (χ3n) is 1.27. The normalized spacial score (nSPS) is 38.8. The number of ether oxygens (including phenoxy) is 1. The Morgan fingerprint density at radius 2 is 2.50 bits per heavy atom. The molecule has 2 nitrogen and oxygen atoms in total. The van der Waals surface area contributed by atoms with Crippen LogP contribution in [0.2, 0.25) is 0 Å². The summed E-state index contributed by atoms with van der Waals surface area (Å²) in [4.78, 5) is 0. The van der Waals surface area contributed by atoms with Gasteiger partial charge in [-0.3, -0.25) is 0 Å². The molecule has 0 aromatic carbocycles. The summed E-state index contributed by atoms with van der Waals surface area (Å²) in [5.74, 6) is 0. The van der Waals surface area contributed by atoms with E-state index in [9.17, 15) is 0 Å². The van der Waals surface area contributed by atoms with Crippen LogP contribution in [0.4, 0.5) is 0 Å². The summed E-state index contributed by atoms with van der Waals surface area (Å²) in [7, 11) is 0. The molecular formula is C6H10O2. The van der Waals surface area contributed by atoms with E-state index >= 15 is 0 Å². The van der Waals surface area contributed by atoms with Crippen molar-refractivity contribution in [3.8, 4) is 0 Å². The molecule has 1 N–H and O–H groups in total. The minimum absolute atomic E-state index is 0.0208. The fourth-order valence-electron chi connectivity index (χ4n) is 0.714. The van der Waals surface area contributed by atoms with Crippen molar-refractivity contribution in [2.45, 2.75) is 25.2 Å². The molecule has 1 saturated heterocycles. The second kappa shape index (κ2) is 1.88. The lowest BCUT2D eigenvalue weighted by Gasteiger charge is -1.92. The summed E-state index contributed by atoms with van der Waals surface area (Å²) in [5, 5.41) is 8.82. The summed E-state index contributed by atoms with van der Waals surface area (Å²) < 4.78 is 4.96. The predicted octanol–water partition coefficient (Wildman–Crippen LogP) is 0.321. The van der Waals surface area contributed by atoms with Gasteiger partial charge in [0.1, 0.15) is 12.2 Å². The van der Waals surface area contributed by atoms with Gasteiger partial charge in [0.2, 0.25) is 0 Å². The number of rotatable bonds is 2. The highest BCUT2D eigenvalue weighted by Crippen LogP contribution is 2.25. The Labute approximate surface area is 48.8 Å². The summed E-state index contributed by atoms with van der Waals surface area (Å²) in [6, 6.07) is 0. The van der Waals surface area contributed by atoms with E-state index in [1.165, 1.54) is 0 Å². The van der Waals surface area contributed by atoms with Crippen molar-refractivity contribution in [3.63, 3.8) is 0 Å². The average Bonchev–Trinajstić information content (AvgIpc) is 2.42. The zero-order chi connectivity index (χ0) is 6.15. The van der Waals surface area contributed by atoms with Gasteiger partial charge in [-0.1, -0.05) is 6.08 Å². The average molecular weight is 114 g/mol. The number of epoxide rings is 1. The van der Waals surface area contributed by atoms with Gasteiger partial charge in [0.25, 0.3) is 0 Å². The monoisotopic (exact) mass is 114 g/mol. The van der Waals surface area contributed by atoms with Gasteiger partial charge >= 0.3 is 0 Å². The molecule has 0 aromatic heterocycles. The van der Waals surface area contributed by atoms with E-state index in [1.54, 1.807) is 13.0 Å². The highest BCUT2D eigenvalue weighted by Gasteiger charge is 2.39. The first kappa shape index (κ1) is 5.79. The highest BCUT2D eigenvalue weighted by molar-refractivity contribution is 5.00. The lowest BCUT2D eigenvalue weighted by atomic mass is 10.2. The fraction of sp³-hybridized carbons (Fsp3) is 0.667. The Hall–Kier alpha value is -0.340. The standard InChI is InChI=1S/C6H10O2/c1-3-5-6(8-5)4(2)7/h3-7H,1H2,2H3/t4-,5-,6+/m0/s1. The largest absolute Gasteiger partial charge is 0.391 e. The quantitative estimate of drug-likeness (QED) is 0.414. The van der Waals surface area contributed by atoms with E-state index in [0.29, 0.717) is 0 Å². The zero-order valence-corrected chi connectivity index (χ0v) is 4.87. The molecule has 46 valence electrons. The Bertz CT molecular complexity index is 98.7. The van der Waals surface area contributed by atoms with E-state index in [-0.39, 0.29) is 18.3 Å². The lowest BCUT2D eigenvalue weighted by Crippen LogP contribution is -2.10. The molecule has 1 fully saturated rings. The van der Waals surface area contributed by atoms with Crippen LogP contribution in [-0.4, -0.2) is 23.4 Å². The van der Waals surface area contributed by atoms with Crippen molar-refractivity contribution in [3.05, 3.63) is 12.7 Å². The SMILES string of the molecule is C=C[C@@H]1O[C@@H]1[C@H](C)O. The Kier molecular flexibility index (Phi) is 1.36. The molecular weight excluding hydrogens is 104 g/mol. The topological polar surface area (TPSA) is 32.8 Å². The minimum Gasteiger partial charge on any atom is -0.391 e. The number of aliphatic hydroxyl groups is 1. The van der Waals surface area contributed by atoms with E-state index in [2.05, 4.69) is 6.58 Å². The van der Waals surface area contributed by atoms with E-state index in [4.69, 9.17) is 9.84 Å². The Morgan fingerprint density at radius 1 is 1.88 bits per heavy atom. The van der Waals surface area contributed by atoms with Crippen molar-refractivity contribution in [2.75, 3.05) is 0 Å². The molecule has 1 aliphatic heterocycles. The van der Waals surface area contributed by atoms with Gasteiger partial charge in [-0.15, -0.1) is 6.58 Å². The molecule has 0 aliphatic carbocycles. The number of hydrogen-bond acceptors (Lipinski definition) is 2. The van der Waals surface area contributed by atoms with E-state index < -0.39 is 0 Å². The summed E-state index contributed by atoms with van der Waals surface area (Å²) in [5.41, 5.74) is 0. The van der Waals surface area contributed by atoms with Gasteiger partial charge in [0, 0.05) is 0 Å². The second-order valence-electron chi connectivity index (χ2n) is 2.04. The molecule has 1 rings (SSSR count). The Morgan fingerprint density at radius 3 is 2.62 bits per heavy atom. The van der Waals surface area contributed by atoms with Crippen LogP contribution in [0, 0.1) is 0 Å². The van der Waals surface area contributed by atoms with Crippen molar-refractivity contribution in [1.29, 1.82) is 0 Å². The van der Waals surface area contributed by atoms with Gasteiger partial charge in [0.15, 0.2) is 0 Å². The summed E-state index contributed by atoms with van der Waals surface area (Å²) in [6.45, 7) is 5.24. The van der Waals surface area contributed by atoms with Crippen LogP contribution in [-0.2, 0) is 4.74 Å². The van der Waals surface area contributed by atoms with E-state index in [0.717, 1.165) is 0 Å². The highest BCUT2D eigenvalue weighted by atomic mass is 16.6. The van der Waals surface area contributed by atoms with Crippen LogP contribution in [0.15, 0.2) is 12.7 Å². The molecule has 0 unspecified atom stereocenters. The van der Waals surface area contributed by atoms with Crippen LogP contribution in [0.5, 0.6) is 0 Å². The third kappa shape index (κ3) is 0.904. The lowest BCUT2D eigenvalue weighted by molar-refractivity contribution is 0.152. The zero-order valence-electron chi connectivity index (χ0n) is 4.87. The Balaban J connectivity index is 2.26. The summed E-state index contributed by atoms with van der Waals surface area (Å²) >= 11 is 0. The third-order valence-corrected chi connectivity index (χ3v) is 1.27. The molecule has 0 aromatic rings. The predicted molar refractivity (Wildman–Crippen MR) is 30.5 cm³/mol. The molecule has 2 heteroatoms. The molecule has 0 saturated carbocycles. The molecule has 0 amide bonds. The van der Waals surface area contributed by atoms with Crippen molar-refractivity contribution in [2.24, 2.45) is 0 Å². The maximum atomic E-state index is 8.82. The minimum atomic E-state index is -0.349. The number of aliphatic hydroxyl groups excluding tert-OH is 1. The van der Waals surface area contributed by atoms with Gasteiger partial charge in [-0.25, -0.2) is 0 Å². The van der Waals surface area contributed by atoms with Crippen LogP contribution in [0.3, 0.4) is 0 Å². The van der Waals surface area contributed by atoms with Crippen molar-refractivity contribution in [1.82, 2.24) is 0 Å². The first-order valence-electron chi connectivity index (χ1n) is 2.72. The molecule has 1 heterocycles. The molecule has 8 heavy (non-hydrogen) atoms. The maximum Gasteiger partial charge on any atom is 0.114 e. The van der Waals surface area contributed by atoms with E-state index in [1.807, 2.05) is 0 Å². The molecule has 0 radical (unpaired) electrons. The number of hydrogen-bond donors (Lipinski definition) is 1. The molecule has 0 spiro atoms.